The van der Waals surface area contributed by atoms with Crippen LogP contribution in [0.4, 0.5) is 45.1 Å². The van der Waals surface area contributed by atoms with E-state index in [-0.39, 0.29) is 23.7 Å². The van der Waals surface area contributed by atoms with Crippen molar-refractivity contribution in [2.45, 2.75) is 6.61 Å². The van der Waals surface area contributed by atoms with Gasteiger partial charge in [0.05, 0.1) is 17.1 Å². The largest absolute Gasteiger partial charge is 0.444 e. The van der Waals surface area contributed by atoms with Crippen LogP contribution >= 0.6 is 23.5 Å². The Kier molecular flexibility index (Phi) is 11.2. The number of carbonyl (C=O) groups is 1. The first-order valence-electron chi connectivity index (χ1n) is 13.0. The Hall–Kier alpha value is -3.65. The number of carbonyl (C=O) groups excluding carboxylic acids is 1. The van der Waals surface area contributed by atoms with Crippen molar-refractivity contribution in [1.29, 1.82) is 0 Å². The van der Waals surface area contributed by atoms with Crippen molar-refractivity contribution < 1.29 is 32.0 Å². The average molecular weight is 625 g/mol. The molecule has 1 N–H and O–H groups in total. The number of ether oxygens (including phenoxy) is 1. The topological polar surface area (TPSA) is 88.0 Å². The summed E-state index contributed by atoms with van der Waals surface area (Å²) >= 11 is 3.48. The van der Waals surface area contributed by atoms with E-state index >= 15 is 0 Å². The summed E-state index contributed by atoms with van der Waals surface area (Å²) in [5.74, 6) is 0.156. The van der Waals surface area contributed by atoms with E-state index < -0.39 is 40.0 Å². The van der Waals surface area contributed by atoms with Gasteiger partial charge in [0.2, 0.25) is 0 Å². The number of nitro groups is 1. The average Bonchev–Trinajstić information content (AvgIpc) is 2.97. The van der Waals surface area contributed by atoms with Crippen LogP contribution in [0.1, 0.15) is 5.56 Å². The second-order valence-electron chi connectivity index (χ2n) is 9.19. The molecule has 3 aromatic carbocycles. The zero-order chi connectivity index (χ0) is 30.1. The summed E-state index contributed by atoms with van der Waals surface area (Å²) in [6, 6.07) is 12.9. The molecule has 0 bridgehead atoms. The van der Waals surface area contributed by atoms with Crippen molar-refractivity contribution in [3.8, 4) is 0 Å². The number of benzene rings is 3. The second-order valence-corrected chi connectivity index (χ2v) is 11.6. The van der Waals surface area contributed by atoms with Gasteiger partial charge in [0.1, 0.15) is 18.0 Å². The number of non-ortho nitro benzene ring substituents is 1. The lowest BCUT2D eigenvalue weighted by Gasteiger charge is -2.29. The molecule has 5 rings (SSSR count). The molecular formula is C28H28F4N4O4S2. The number of nitrogens with one attached hydrogen (secondary N) is 1. The van der Waals surface area contributed by atoms with Crippen LogP contribution in [0.15, 0.2) is 54.6 Å². The minimum Gasteiger partial charge on any atom is -0.444 e. The van der Waals surface area contributed by atoms with Gasteiger partial charge in [0.25, 0.3) is 5.69 Å². The smallest absolute Gasteiger partial charge is 0.411 e. The fraction of sp³-hybridized carbons (Fsp3) is 0.321. The molecule has 8 nitrogen and oxygen atoms in total. The number of anilines is 3. The fourth-order valence-electron chi connectivity index (χ4n) is 4.35. The van der Waals surface area contributed by atoms with Crippen LogP contribution in [-0.4, -0.2) is 60.2 Å². The first-order chi connectivity index (χ1) is 20.2. The van der Waals surface area contributed by atoms with E-state index in [1.165, 1.54) is 0 Å². The normalized spacial score (nSPS) is 15.0. The maximum atomic E-state index is 14.3. The monoisotopic (exact) mass is 624 g/mol. The number of thioether (sulfide) groups is 2. The van der Waals surface area contributed by atoms with E-state index in [4.69, 9.17) is 4.74 Å². The lowest BCUT2D eigenvalue weighted by atomic mass is 10.2. The van der Waals surface area contributed by atoms with Gasteiger partial charge in [-0.2, -0.15) is 23.5 Å². The molecule has 0 spiro atoms. The molecule has 0 aromatic heterocycles. The molecule has 2 saturated heterocycles. The predicted molar refractivity (Wildman–Crippen MR) is 159 cm³/mol. The molecule has 2 heterocycles. The number of hydrogen-bond donors (Lipinski definition) is 1. The van der Waals surface area contributed by atoms with Gasteiger partial charge < -0.3 is 14.5 Å². The van der Waals surface area contributed by atoms with Crippen LogP contribution < -0.4 is 15.1 Å². The van der Waals surface area contributed by atoms with Gasteiger partial charge in [-0.3, -0.25) is 15.4 Å². The van der Waals surface area contributed by atoms with Crippen molar-refractivity contribution >= 4 is 52.4 Å². The minimum absolute atomic E-state index is 0.0307. The van der Waals surface area contributed by atoms with Gasteiger partial charge in [0, 0.05) is 54.9 Å². The van der Waals surface area contributed by atoms with Crippen LogP contribution in [0, 0.1) is 33.4 Å². The van der Waals surface area contributed by atoms with Crippen molar-refractivity contribution in [1.82, 2.24) is 0 Å². The summed E-state index contributed by atoms with van der Waals surface area (Å²) < 4.78 is 61.0. The molecule has 14 heteroatoms. The molecule has 224 valence electrons. The summed E-state index contributed by atoms with van der Waals surface area (Å²) in [4.78, 5) is 24.7. The van der Waals surface area contributed by atoms with Gasteiger partial charge in [-0.15, -0.1) is 0 Å². The fourth-order valence-corrected chi connectivity index (χ4v) is 6.16. The Morgan fingerprint density at radius 1 is 0.810 bits per heavy atom. The highest BCUT2D eigenvalue weighted by Crippen LogP contribution is 2.30. The van der Waals surface area contributed by atoms with Gasteiger partial charge in [-0.1, -0.05) is 30.3 Å². The van der Waals surface area contributed by atoms with E-state index in [1.807, 2.05) is 30.3 Å². The highest BCUT2D eigenvalue weighted by Gasteiger charge is 2.23. The van der Waals surface area contributed by atoms with Crippen molar-refractivity contribution in [2.24, 2.45) is 0 Å². The Balaban J connectivity index is 0.000000208. The van der Waals surface area contributed by atoms with Crippen molar-refractivity contribution in [3.63, 3.8) is 0 Å². The molecule has 0 saturated carbocycles. The van der Waals surface area contributed by atoms with E-state index in [9.17, 15) is 32.5 Å². The predicted octanol–water partition coefficient (Wildman–Crippen LogP) is 6.69. The Bertz CT molecular complexity index is 1350. The summed E-state index contributed by atoms with van der Waals surface area (Å²) in [7, 11) is 0. The molecular weight excluding hydrogens is 596 g/mol. The molecule has 0 atom stereocenters. The first-order valence-corrected chi connectivity index (χ1v) is 15.3. The molecule has 1 amide bonds. The van der Waals surface area contributed by atoms with Crippen LogP contribution in [0.2, 0.25) is 0 Å². The minimum atomic E-state index is -0.872. The molecule has 2 aliphatic rings. The molecule has 2 fully saturated rings. The number of rotatable bonds is 6. The highest BCUT2D eigenvalue weighted by molar-refractivity contribution is 7.99. The van der Waals surface area contributed by atoms with Crippen LogP contribution in [0.3, 0.4) is 0 Å². The first kappa shape index (κ1) is 31.3. The van der Waals surface area contributed by atoms with Gasteiger partial charge in [-0.05, 0) is 17.7 Å². The Morgan fingerprint density at radius 2 is 1.26 bits per heavy atom. The number of nitrogens with zero attached hydrogens (tertiary/aromatic N) is 3. The van der Waals surface area contributed by atoms with E-state index in [0.717, 1.165) is 52.8 Å². The quantitative estimate of drug-likeness (QED) is 0.184. The summed E-state index contributed by atoms with van der Waals surface area (Å²) in [5.41, 5.74) is 0.103. The van der Waals surface area contributed by atoms with Gasteiger partial charge in [0.15, 0.2) is 23.3 Å². The third kappa shape index (κ3) is 8.44. The molecule has 2 aliphatic heterocycles. The maximum Gasteiger partial charge on any atom is 0.411 e. The Labute approximate surface area is 248 Å². The molecule has 0 aliphatic carbocycles. The molecule has 0 unspecified atom stereocenters. The van der Waals surface area contributed by atoms with Crippen molar-refractivity contribution in [3.05, 3.63) is 93.5 Å². The van der Waals surface area contributed by atoms with E-state index in [1.54, 1.807) is 33.3 Å². The number of halogens is 4. The molecule has 3 aromatic rings. The maximum absolute atomic E-state index is 14.3. The second kappa shape index (κ2) is 15.0. The lowest BCUT2D eigenvalue weighted by molar-refractivity contribution is -0.385. The van der Waals surface area contributed by atoms with Crippen molar-refractivity contribution in [2.75, 3.05) is 64.3 Å². The standard InChI is InChI=1S/C18H18F2N2O2S.C10H10F2N2O2S/c19-15-10-14(11-16(20)17(15)22-6-8-25-9-7-22)21-18(23)24-12-13-4-2-1-3-5-13;11-8-5-7(14(15)16)6-9(12)10(8)13-1-3-17-4-2-13/h1-5,10-11H,6-9,12H2,(H,21,23);5-6H,1-4H2. The van der Waals surface area contributed by atoms with E-state index in [0.29, 0.717) is 26.2 Å². The SMILES string of the molecule is O=C(Nc1cc(F)c(N2CCSCC2)c(F)c1)OCc1ccccc1.O=[N+]([O-])c1cc(F)c(N2CCSCC2)c(F)c1. The number of nitro benzene ring substituents is 1. The Morgan fingerprint density at radius 3 is 1.71 bits per heavy atom. The molecule has 0 radical (unpaired) electrons. The van der Waals surface area contributed by atoms with Gasteiger partial charge in [-0.25, -0.2) is 22.4 Å². The number of hydrogen-bond acceptors (Lipinski definition) is 8. The van der Waals surface area contributed by atoms with E-state index in [2.05, 4.69) is 5.32 Å². The summed E-state index contributed by atoms with van der Waals surface area (Å²) in [6.45, 7) is 2.39. The lowest BCUT2D eigenvalue weighted by Crippen LogP contribution is -2.33. The van der Waals surface area contributed by atoms with Crippen LogP contribution in [-0.2, 0) is 11.3 Å². The van der Waals surface area contributed by atoms with Crippen LogP contribution in [0.5, 0.6) is 0 Å². The zero-order valence-corrected chi connectivity index (χ0v) is 24.0. The summed E-state index contributed by atoms with van der Waals surface area (Å²) in [6.07, 6.45) is -0.759. The highest BCUT2D eigenvalue weighted by atomic mass is 32.2. The summed E-state index contributed by atoms with van der Waals surface area (Å²) in [5, 5.41) is 12.8. The number of amides is 1. The third-order valence-corrected chi connectivity index (χ3v) is 8.23. The van der Waals surface area contributed by atoms with Crippen LogP contribution in [0.25, 0.3) is 0 Å². The third-order valence-electron chi connectivity index (χ3n) is 6.34. The van der Waals surface area contributed by atoms with Gasteiger partial charge >= 0.3 is 6.09 Å². The molecule has 42 heavy (non-hydrogen) atoms. The zero-order valence-electron chi connectivity index (χ0n) is 22.4.